The smallest absolute Gasteiger partial charge is 0.241 e. The molecule has 0 aromatic heterocycles. The van der Waals surface area contributed by atoms with Crippen molar-refractivity contribution < 1.29 is 37.3 Å². The van der Waals surface area contributed by atoms with Gasteiger partial charge in [0.05, 0.1) is 36.9 Å². The highest BCUT2D eigenvalue weighted by atomic mass is 32.2. The molecule has 8 rings (SSSR count). The van der Waals surface area contributed by atoms with Gasteiger partial charge in [-0.3, -0.25) is 4.79 Å². The Bertz CT molecular complexity index is 2330. The summed E-state index contributed by atoms with van der Waals surface area (Å²) < 4.78 is 55.1. The number of carbonyl (C=O) groups excluding carboxylic acids is 1. The van der Waals surface area contributed by atoms with E-state index < -0.39 is 34.0 Å². The van der Waals surface area contributed by atoms with E-state index in [9.17, 15) is 18.3 Å². The molecule has 3 N–H and O–H groups in total. The van der Waals surface area contributed by atoms with Gasteiger partial charge in [-0.1, -0.05) is 128 Å². The van der Waals surface area contributed by atoms with Gasteiger partial charge in [-0.25, -0.2) is 8.42 Å². The highest BCUT2D eigenvalue weighted by Crippen LogP contribution is 2.43. The second-order valence-corrected chi connectivity index (χ2v) is 18.1. The van der Waals surface area contributed by atoms with Crippen LogP contribution in [0.5, 0.6) is 0 Å². The lowest BCUT2D eigenvalue weighted by atomic mass is 9.89. The molecule has 320 valence electrons. The van der Waals surface area contributed by atoms with Crippen molar-refractivity contribution in [1.29, 1.82) is 0 Å². The largest absolute Gasteiger partial charge is 0.392 e. The van der Waals surface area contributed by atoms with Crippen molar-refractivity contribution >= 4 is 15.9 Å². The molecule has 0 saturated carbocycles. The van der Waals surface area contributed by atoms with Gasteiger partial charge in [0.2, 0.25) is 15.9 Å². The number of sulfonamides is 1. The second kappa shape index (κ2) is 19.1. The molecule has 0 radical (unpaired) electrons. The lowest BCUT2D eigenvalue weighted by Crippen LogP contribution is -2.50. The summed E-state index contributed by atoms with van der Waals surface area (Å²) >= 11 is 0. The summed E-state index contributed by atoms with van der Waals surface area (Å²) in [5.74, 6) is -0.820. The number of nitrogens with zero attached hydrogens (tertiary/aromatic N) is 1. The molecule has 5 atom stereocenters. The van der Waals surface area contributed by atoms with E-state index in [1.807, 2.05) is 110 Å². The molecule has 12 heteroatoms. The molecule has 3 aliphatic heterocycles. The first-order valence-corrected chi connectivity index (χ1v) is 22.7. The van der Waals surface area contributed by atoms with Crippen molar-refractivity contribution in [2.75, 3.05) is 32.8 Å². The number of aliphatic hydroxyl groups excluding tert-OH is 1. The normalized spacial score (nSPS) is 22.2. The van der Waals surface area contributed by atoms with Crippen LogP contribution in [0.2, 0.25) is 0 Å². The molecule has 11 nitrogen and oxygen atoms in total. The quantitative estimate of drug-likeness (QED) is 0.108. The predicted octanol–water partition coefficient (Wildman–Crippen LogP) is 6.99. The van der Waals surface area contributed by atoms with Crippen LogP contribution in [0, 0.1) is 12.8 Å². The SMILES string of the molecule is Cc1ccc(S(=O)(=O)N[C@H](Cc2ccccc2)C(=O)NCc2ccccc2-c2ccc([C@H]3O[C@@H](CN4CCC5(CC4)OCCO5)[C@@H](C)[C@@H](c4ccc(CO)cc4)O3)cc2)cc1. The van der Waals surface area contributed by atoms with Crippen molar-refractivity contribution in [2.45, 2.75) is 81.5 Å². The number of likely N-dealkylation sites (tertiary alicyclic amines) is 1. The van der Waals surface area contributed by atoms with Crippen molar-refractivity contribution in [3.63, 3.8) is 0 Å². The Morgan fingerprint density at radius 3 is 2.15 bits per heavy atom. The highest BCUT2D eigenvalue weighted by Gasteiger charge is 2.43. The topological polar surface area (TPSA) is 136 Å². The van der Waals surface area contributed by atoms with Crippen LogP contribution in [0.3, 0.4) is 0 Å². The molecule has 3 aliphatic rings. The van der Waals surface area contributed by atoms with Gasteiger partial charge >= 0.3 is 0 Å². The third kappa shape index (κ3) is 10.3. The van der Waals surface area contributed by atoms with Crippen molar-refractivity contribution in [3.8, 4) is 11.1 Å². The van der Waals surface area contributed by atoms with Crippen molar-refractivity contribution in [1.82, 2.24) is 14.9 Å². The number of rotatable bonds is 14. The van der Waals surface area contributed by atoms with Crippen LogP contribution in [0.1, 0.15) is 65.5 Å². The Labute approximate surface area is 359 Å². The zero-order valence-corrected chi connectivity index (χ0v) is 35.6. The fraction of sp³-hybridized carbons (Fsp3) is 0.367. The summed E-state index contributed by atoms with van der Waals surface area (Å²) in [6.45, 7) is 8.01. The molecule has 3 fully saturated rings. The molecule has 3 saturated heterocycles. The molecule has 1 amide bonds. The molecular weight excluding hydrogens is 791 g/mol. The summed E-state index contributed by atoms with van der Waals surface area (Å²) in [4.78, 5) is 16.4. The molecule has 5 aromatic carbocycles. The van der Waals surface area contributed by atoms with Gasteiger partial charge in [0.25, 0.3) is 0 Å². The Hall–Kier alpha value is -4.76. The van der Waals surface area contributed by atoms with Gasteiger partial charge in [0.15, 0.2) is 12.1 Å². The summed E-state index contributed by atoms with van der Waals surface area (Å²) in [7, 11) is -3.98. The molecule has 61 heavy (non-hydrogen) atoms. The Morgan fingerprint density at radius 1 is 0.803 bits per heavy atom. The summed E-state index contributed by atoms with van der Waals surface area (Å²) in [6.07, 6.45) is 0.877. The van der Waals surface area contributed by atoms with Crippen LogP contribution in [-0.2, 0) is 53.3 Å². The Morgan fingerprint density at radius 2 is 1.46 bits per heavy atom. The number of amides is 1. The maximum absolute atomic E-state index is 13.9. The first-order valence-electron chi connectivity index (χ1n) is 21.2. The van der Waals surface area contributed by atoms with E-state index in [0.717, 1.165) is 77.0 Å². The standard InChI is InChI=1S/C49H55N3O8S/c1-34-12-22-42(23-13-34)61(55,56)51-44(30-36-8-4-3-5-9-36)47(54)50-31-41-10-6-7-11-43(41)38-18-20-40(21-19-38)48-59-45(32-52-26-24-49(25-27-52)57-28-29-58-49)35(2)46(60-48)39-16-14-37(33-53)15-17-39/h3-23,35,44-46,48,51,53H,24-33H2,1-2H3,(H,50,54)/t35-,44-,45+,46+,48+/m1/s1. The minimum absolute atomic E-state index is 0.0215. The van der Waals surface area contributed by atoms with E-state index in [-0.39, 0.29) is 42.6 Å². The first kappa shape index (κ1) is 42.9. The van der Waals surface area contributed by atoms with E-state index in [1.54, 1.807) is 24.3 Å². The third-order valence-electron chi connectivity index (χ3n) is 12.2. The lowest BCUT2D eigenvalue weighted by molar-refractivity contribution is -0.278. The number of benzene rings is 5. The molecule has 0 bridgehead atoms. The molecule has 5 aromatic rings. The van der Waals surface area contributed by atoms with Gasteiger partial charge in [-0.05, 0) is 58.9 Å². The Balaban J connectivity index is 0.978. The van der Waals surface area contributed by atoms with E-state index in [0.29, 0.717) is 13.2 Å². The van der Waals surface area contributed by atoms with Crippen LogP contribution in [0.4, 0.5) is 0 Å². The monoisotopic (exact) mass is 845 g/mol. The number of piperidine rings is 1. The van der Waals surface area contributed by atoms with E-state index in [2.05, 4.69) is 21.9 Å². The fourth-order valence-electron chi connectivity index (χ4n) is 8.54. The van der Waals surface area contributed by atoms with Crippen LogP contribution < -0.4 is 10.0 Å². The number of aryl methyl sites for hydroxylation is 1. The van der Waals surface area contributed by atoms with E-state index >= 15 is 0 Å². The van der Waals surface area contributed by atoms with Crippen LogP contribution in [-0.4, -0.2) is 75.1 Å². The number of carbonyl (C=O) groups is 1. The van der Waals surface area contributed by atoms with Crippen molar-refractivity contribution in [2.24, 2.45) is 5.92 Å². The van der Waals surface area contributed by atoms with Crippen LogP contribution >= 0.6 is 0 Å². The number of nitrogens with one attached hydrogen (secondary N) is 2. The number of hydrogen-bond donors (Lipinski definition) is 3. The predicted molar refractivity (Wildman–Crippen MR) is 232 cm³/mol. The van der Waals surface area contributed by atoms with Gasteiger partial charge in [-0.15, -0.1) is 0 Å². The molecule has 0 aliphatic carbocycles. The maximum atomic E-state index is 13.9. The maximum Gasteiger partial charge on any atom is 0.241 e. The minimum Gasteiger partial charge on any atom is -0.392 e. The average Bonchev–Trinajstić information content (AvgIpc) is 3.75. The zero-order valence-electron chi connectivity index (χ0n) is 34.7. The summed E-state index contributed by atoms with van der Waals surface area (Å²) in [5, 5.41) is 12.7. The molecule has 1 spiro atoms. The highest BCUT2D eigenvalue weighted by molar-refractivity contribution is 7.89. The fourth-order valence-corrected chi connectivity index (χ4v) is 9.73. The number of hydrogen-bond acceptors (Lipinski definition) is 9. The molecule has 0 unspecified atom stereocenters. The average molecular weight is 846 g/mol. The van der Waals surface area contributed by atoms with Gasteiger partial charge in [0, 0.05) is 50.5 Å². The second-order valence-electron chi connectivity index (χ2n) is 16.4. The van der Waals surface area contributed by atoms with Gasteiger partial charge in [-0.2, -0.15) is 4.72 Å². The first-order chi connectivity index (χ1) is 29.6. The van der Waals surface area contributed by atoms with Gasteiger partial charge < -0.3 is 34.3 Å². The zero-order chi connectivity index (χ0) is 42.4. The number of aliphatic hydroxyl groups is 1. The minimum atomic E-state index is -3.98. The molecular formula is C49H55N3O8S. The third-order valence-corrected chi connectivity index (χ3v) is 13.7. The van der Waals surface area contributed by atoms with E-state index in [4.69, 9.17) is 18.9 Å². The van der Waals surface area contributed by atoms with E-state index in [1.165, 1.54) is 0 Å². The molecule has 3 heterocycles. The van der Waals surface area contributed by atoms with Crippen LogP contribution in [0.25, 0.3) is 11.1 Å². The van der Waals surface area contributed by atoms with Crippen LogP contribution in [0.15, 0.2) is 132 Å². The van der Waals surface area contributed by atoms with Crippen molar-refractivity contribution in [3.05, 3.63) is 161 Å². The number of ether oxygens (including phenoxy) is 4. The summed E-state index contributed by atoms with van der Waals surface area (Å²) in [5.41, 5.74) is 7.31. The summed E-state index contributed by atoms with van der Waals surface area (Å²) in [6, 6.07) is 38.9. The Kier molecular flexibility index (Phi) is 13.4. The lowest BCUT2D eigenvalue weighted by Gasteiger charge is -2.44. The van der Waals surface area contributed by atoms with Gasteiger partial charge in [0.1, 0.15) is 6.04 Å².